The first kappa shape index (κ1) is 12.6. The summed E-state index contributed by atoms with van der Waals surface area (Å²) in [6.45, 7) is 7.73. The van der Waals surface area contributed by atoms with Crippen molar-refractivity contribution in [2.75, 3.05) is 6.54 Å². The van der Waals surface area contributed by atoms with Gasteiger partial charge in [0.1, 0.15) is 0 Å². The van der Waals surface area contributed by atoms with Crippen LogP contribution in [-0.4, -0.2) is 16.7 Å². The summed E-state index contributed by atoms with van der Waals surface area (Å²) in [5.74, 6) is 2.90. The van der Waals surface area contributed by atoms with Crippen LogP contribution in [0.25, 0.3) is 0 Å². The molecule has 96 valence electrons. The molecule has 4 nitrogen and oxygen atoms in total. The average Bonchev–Trinajstić information content (AvgIpc) is 2.75. The molecule has 17 heavy (non-hydrogen) atoms. The van der Waals surface area contributed by atoms with E-state index in [1.54, 1.807) is 0 Å². The van der Waals surface area contributed by atoms with Crippen molar-refractivity contribution in [1.29, 1.82) is 0 Å². The Kier molecular flexibility index (Phi) is 4.15. The molecule has 0 radical (unpaired) electrons. The minimum absolute atomic E-state index is 0.254. The second-order valence-corrected chi connectivity index (χ2v) is 5.53. The highest BCUT2D eigenvalue weighted by molar-refractivity contribution is 4.96. The third kappa shape index (κ3) is 3.28. The summed E-state index contributed by atoms with van der Waals surface area (Å²) in [5, 5.41) is 7.54. The SMILES string of the molecule is CC(C)CCc1noc(C2NCCCC2C)n1. The van der Waals surface area contributed by atoms with Crippen molar-refractivity contribution in [2.24, 2.45) is 11.8 Å². The molecular formula is C13H23N3O. The molecule has 1 aromatic rings. The molecule has 0 saturated carbocycles. The fraction of sp³-hybridized carbons (Fsp3) is 0.846. The summed E-state index contributed by atoms with van der Waals surface area (Å²) in [5.41, 5.74) is 0. The first-order valence-corrected chi connectivity index (χ1v) is 6.72. The molecule has 2 unspecified atom stereocenters. The molecule has 2 rings (SSSR count). The van der Waals surface area contributed by atoms with Gasteiger partial charge in [0.25, 0.3) is 0 Å². The predicted molar refractivity (Wildman–Crippen MR) is 66.6 cm³/mol. The zero-order valence-electron chi connectivity index (χ0n) is 11.1. The molecular weight excluding hydrogens is 214 g/mol. The van der Waals surface area contributed by atoms with Crippen LogP contribution in [-0.2, 0) is 6.42 Å². The highest BCUT2D eigenvalue weighted by Crippen LogP contribution is 2.27. The summed E-state index contributed by atoms with van der Waals surface area (Å²) in [6, 6.07) is 0.254. The van der Waals surface area contributed by atoms with Gasteiger partial charge in [-0.25, -0.2) is 0 Å². The van der Waals surface area contributed by atoms with Gasteiger partial charge >= 0.3 is 0 Å². The van der Waals surface area contributed by atoms with Crippen LogP contribution in [0.5, 0.6) is 0 Å². The van der Waals surface area contributed by atoms with Gasteiger partial charge in [-0.15, -0.1) is 0 Å². The maximum atomic E-state index is 5.38. The molecule has 1 fully saturated rings. The van der Waals surface area contributed by atoms with Crippen LogP contribution < -0.4 is 5.32 Å². The molecule has 2 atom stereocenters. The number of aromatic nitrogens is 2. The van der Waals surface area contributed by atoms with E-state index in [9.17, 15) is 0 Å². The van der Waals surface area contributed by atoms with Crippen molar-refractivity contribution in [3.05, 3.63) is 11.7 Å². The number of nitrogens with zero attached hydrogens (tertiary/aromatic N) is 2. The summed E-state index contributed by atoms with van der Waals surface area (Å²) < 4.78 is 5.38. The van der Waals surface area contributed by atoms with Gasteiger partial charge in [-0.3, -0.25) is 0 Å². The first-order valence-electron chi connectivity index (χ1n) is 6.72. The highest BCUT2D eigenvalue weighted by atomic mass is 16.5. The molecule has 0 aromatic carbocycles. The van der Waals surface area contributed by atoms with Gasteiger partial charge in [0.05, 0.1) is 6.04 Å². The fourth-order valence-corrected chi connectivity index (χ4v) is 2.29. The van der Waals surface area contributed by atoms with Crippen molar-refractivity contribution in [3.63, 3.8) is 0 Å². The molecule has 0 spiro atoms. The minimum atomic E-state index is 0.254. The Hall–Kier alpha value is -0.900. The van der Waals surface area contributed by atoms with Gasteiger partial charge in [-0.1, -0.05) is 25.9 Å². The molecule has 1 aromatic heterocycles. The summed E-state index contributed by atoms with van der Waals surface area (Å²) in [7, 11) is 0. The van der Waals surface area contributed by atoms with Crippen molar-refractivity contribution >= 4 is 0 Å². The molecule has 0 bridgehead atoms. The van der Waals surface area contributed by atoms with Crippen LogP contribution in [0.2, 0.25) is 0 Å². The van der Waals surface area contributed by atoms with E-state index in [4.69, 9.17) is 4.52 Å². The van der Waals surface area contributed by atoms with E-state index in [-0.39, 0.29) is 6.04 Å². The van der Waals surface area contributed by atoms with Gasteiger partial charge in [-0.05, 0) is 37.6 Å². The zero-order chi connectivity index (χ0) is 12.3. The van der Waals surface area contributed by atoms with Crippen molar-refractivity contribution < 1.29 is 4.52 Å². The predicted octanol–water partition coefficient (Wildman–Crippen LogP) is 2.72. The Morgan fingerprint density at radius 3 is 3.00 bits per heavy atom. The van der Waals surface area contributed by atoms with Gasteiger partial charge < -0.3 is 9.84 Å². The first-order chi connectivity index (χ1) is 8.16. The lowest BCUT2D eigenvalue weighted by molar-refractivity contribution is 0.239. The Balaban J connectivity index is 1.97. The van der Waals surface area contributed by atoms with Crippen molar-refractivity contribution in [1.82, 2.24) is 15.5 Å². The van der Waals surface area contributed by atoms with Crippen LogP contribution in [0.15, 0.2) is 4.52 Å². The fourth-order valence-electron chi connectivity index (χ4n) is 2.29. The van der Waals surface area contributed by atoms with E-state index >= 15 is 0 Å². The Morgan fingerprint density at radius 2 is 2.29 bits per heavy atom. The van der Waals surface area contributed by atoms with Crippen molar-refractivity contribution in [3.8, 4) is 0 Å². The quantitative estimate of drug-likeness (QED) is 0.874. The lowest BCUT2D eigenvalue weighted by Gasteiger charge is -2.26. The Morgan fingerprint density at radius 1 is 1.47 bits per heavy atom. The smallest absolute Gasteiger partial charge is 0.244 e. The third-order valence-corrected chi connectivity index (χ3v) is 3.46. The van der Waals surface area contributed by atoms with E-state index < -0.39 is 0 Å². The average molecular weight is 237 g/mol. The van der Waals surface area contributed by atoms with Crippen molar-refractivity contribution in [2.45, 2.75) is 52.5 Å². The summed E-state index contributed by atoms with van der Waals surface area (Å²) in [4.78, 5) is 4.52. The number of rotatable bonds is 4. The van der Waals surface area contributed by atoms with E-state index in [0.717, 1.165) is 31.1 Å². The molecule has 2 heterocycles. The molecule has 0 amide bonds. The zero-order valence-corrected chi connectivity index (χ0v) is 11.1. The third-order valence-electron chi connectivity index (χ3n) is 3.46. The van der Waals surface area contributed by atoms with Crippen LogP contribution >= 0.6 is 0 Å². The Labute approximate surface area is 103 Å². The standard InChI is InChI=1S/C13H23N3O/c1-9(2)6-7-11-15-13(17-16-11)12-10(3)5-4-8-14-12/h9-10,12,14H,4-8H2,1-3H3. The monoisotopic (exact) mass is 237 g/mol. The lowest BCUT2D eigenvalue weighted by Crippen LogP contribution is -2.33. The number of hydrogen-bond donors (Lipinski definition) is 1. The van der Waals surface area contributed by atoms with E-state index in [2.05, 4.69) is 36.2 Å². The summed E-state index contributed by atoms with van der Waals surface area (Å²) >= 11 is 0. The number of aryl methyl sites for hydroxylation is 1. The van der Waals surface area contributed by atoms with E-state index in [1.165, 1.54) is 12.8 Å². The molecule has 1 aliphatic rings. The molecule has 0 aliphatic carbocycles. The van der Waals surface area contributed by atoms with Gasteiger partial charge in [0, 0.05) is 6.42 Å². The van der Waals surface area contributed by atoms with Crippen LogP contribution in [0.4, 0.5) is 0 Å². The normalized spacial score (nSPS) is 25.4. The van der Waals surface area contributed by atoms with E-state index in [0.29, 0.717) is 11.8 Å². The second kappa shape index (κ2) is 5.63. The minimum Gasteiger partial charge on any atom is -0.338 e. The second-order valence-electron chi connectivity index (χ2n) is 5.53. The summed E-state index contributed by atoms with van der Waals surface area (Å²) in [6.07, 6.45) is 4.52. The van der Waals surface area contributed by atoms with Gasteiger partial charge in [-0.2, -0.15) is 4.98 Å². The van der Waals surface area contributed by atoms with Crippen LogP contribution in [0.1, 0.15) is 57.8 Å². The molecule has 4 heteroatoms. The van der Waals surface area contributed by atoms with Gasteiger partial charge in [0.15, 0.2) is 5.82 Å². The molecule has 1 saturated heterocycles. The number of hydrogen-bond acceptors (Lipinski definition) is 4. The maximum absolute atomic E-state index is 5.38. The van der Waals surface area contributed by atoms with Crippen LogP contribution in [0, 0.1) is 11.8 Å². The highest BCUT2D eigenvalue weighted by Gasteiger charge is 2.27. The lowest BCUT2D eigenvalue weighted by atomic mass is 9.93. The van der Waals surface area contributed by atoms with Crippen LogP contribution in [0.3, 0.4) is 0 Å². The topological polar surface area (TPSA) is 51.0 Å². The number of piperidine rings is 1. The van der Waals surface area contributed by atoms with E-state index in [1.807, 2.05) is 0 Å². The maximum Gasteiger partial charge on any atom is 0.244 e. The largest absolute Gasteiger partial charge is 0.338 e. The molecule has 1 aliphatic heterocycles. The Bertz CT molecular complexity index is 348. The van der Waals surface area contributed by atoms with Gasteiger partial charge in [0.2, 0.25) is 5.89 Å². The number of nitrogens with one attached hydrogen (secondary N) is 1. The molecule has 1 N–H and O–H groups in total.